The number of rotatable bonds is 2. The zero-order chi connectivity index (χ0) is 14.9. The fourth-order valence-corrected chi connectivity index (χ4v) is 4.06. The van der Waals surface area contributed by atoms with Crippen molar-refractivity contribution in [3.63, 3.8) is 0 Å². The molecule has 2 rings (SSSR count). The SMILES string of the molecule is [C-]#[N+]/C(=C(\C#N)c1cc(C)sc1C)c1c(C)csc1C. The summed E-state index contributed by atoms with van der Waals surface area (Å²) in [6.45, 7) is 15.5. The molecule has 0 N–H and O–H groups in total. The van der Waals surface area contributed by atoms with E-state index in [4.69, 9.17) is 6.57 Å². The highest BCUT2D eigenvalue weighted by Gasteiger charge is 2.19. The Hall–Kier alpha value is -1.88. The van der Waals surface area contributed by atoms with E-state index in [1.807, 2.05) is 39.1 Å². The summed E-state index contributed by atoms with van der Waals surface area (Å²) in [5.74, 6) is 0. The second-order valence-electron chi connectivity index (χ2n) is 4.62. The zero-order valence-electron chi connectivity index (χ0n) is 11.9. The van der Waals surface area contributed by atoms with Gasteiger partial charge in [0.25, 0.3) is 0 Å². The maximum absolute atomic E-state index is 9.55. The van der Waals surface area contributed by atoms with Gasteiger partial charge in [-0.05, 0) is 60.7 Å². The van der Waals surface area contributed by atoms with Gasteiger partial charge >= 0.3 is 0 Å². The summed E-state index contributed by atoms with van der Waals surface area (Å²) in [5.41, 5.74) is 3.85. The first kappa shape index (κ1) is 14.5. The van der Waals surface area contributed by atoms with Crippen molar-refractivity contribution in [3.8, 4) is 6.07 Å². The summed E-state index contributed by atoms with van der Waals surface area (Å²) in [4.78, 5) is 7.01. The lowest BCUT2D eigenvalue weighted by atomic mass is 9.99. The zero-order valence-corrected chi connectivity index (χ0v) is 13.5. The van der Waals surface area contributed by atoms with E-state index < -0.39 is 0 Å². The minimum Gasteiger partial charge on any atom is -0.236 e. The maximum Gasteiger partial charge on any atom is 0.213 e. The topological polar surface area (TPSA) is 28.1 Å². The Morgan fingerprint density at radius 2 is 1.95 bits per heavy atom. The number of allylic oxidation sites excluding steroid dienone is 1. The van der Waals surface area contributed by atoms with Gasteiger partial charge in [0.15, 0.2) is 0 Å². The summed E-state index contributed by atoms with van der Waals surface area (Å²) >= 11 is 3.28. The Bertz CT molecular complexity index is 757. The Labute approximate surface area is 127 Å². The molecule has 0 aromatic carbocycles. The molecule has 0 saturated heterocycles. The second-order valence-corrected chi connectivity index (χ2v) is 7.17. The number of aryl methyl sites for hydroxylation is 4. The summed E-state index contributed by atoms with van der Waals surface area (Å²) in [5, 5.41) is 11.6. The molecule has 20 heavy (non-hydrogen) atoms. The van der Waals surface area contributed by atoms with Gasteiger partial charge in [0.05, 0.1) is 18.2 Å². The molecule has 2 aromatic heterocycles. The van der Waals surface area contributed by atoms with Crippen LogP contribution in [-0.4, -0.2) is 0 Å². The lowest BCUT2D eigenvalue weighted by Crippen LogP contribution is -1.90. The number of nitrogens with zero attached hydrogens (tertiary/aromatic N) is 2. The van der Waals surface area contributed by atoms with Gasteiger partial charge in [-0.25, -0.2) is 4.85 Å². The Morgan fingerprint density at radius 1 is 1.25 bits per heavy atom. The van der Waals surface area contributed by atoms with E-state index >= 15 is 0 Å². The van der Waals surface area contributed by atoms with Gasteiger partial charge in [0.2, 0.25) is 5.70 Å². The van der Waals surface area contributed by atoms with Crippen molar-refractivity contribution in [3.05, 3.63) is 54.2 Å². The van der Waals surface area contributed by atoms with E-state index in [2.05, 4.69) is 10.9 Å². The molecule has 0 amide bonds. The highest BCUT2D eigenvalue weighted by atomic mass is 32.1. The average Bonchev–Trinajstić information content (AvgIpc) is 2.90. The first-order valence-electron chi connectivity index (χ1n) is 6.13. The average molecular weight is 298 g/mol. The van der Waals surface area contributed by atoms with Crippen LogP contribution in [0.4, 0.5) is 0 Å². The number of nitriles is 1. The van der Waals surface area contributed by atoms with Crippen molar-refractivity contribution in [2.24, 2.45) is 0 Å². The third-order valence-electron chi connectivity index (χ3n) is 3.17. The minimum atomic E-state index is 0.477. The predicted octanol–water partition coefficient (Wildman–Crippen LogP) is 5.35. The van der Waals surface area contributed by atoms with Gasteiger partial charge in [-0.2, -0.15) is 5.26 Å². The summed E-state index contributed by atoms with van der Waals surface area (Å²) < 4.78 is 0. The molecule has 0 atom stereocenters. The van der Waals surface area contributed by atoms with Crippen LogP contribution in [0.15, 0.2) is 11.4 Å². The largest absolute Gasteiger partial charge is 0.236 e. The van der Waals surface area contributed by atoms with Gasteiger partial charge in [0, 0.05) is 9.75 Å². The summed E-state index contributed by atoms with van der Waals surface area (Å²) in [7, 11) is 0. The highest BCUT2D eigenvalue weighted by Crippen LogP contribution is 2.37. The molecule has 0 unspecified atom stereocenters. The molecule has 2 nitrogen and oxygen atoms in total. The monoisotopic (exact) mass is 298 g/mol. The van der Waals surface area contributed by atoms with Crippen LogP contribution in [0.2, 0.25) is 0 Å². The standard InChI is InChI=1S/C16H14N2S2/c1-9-8-19-12(4)15(9)16(18-5)14(7-17)13-6-10(2)20-11(13)3/h6,8H,1-4H3/b16-14+. The van der Waals surface area contributed by atoms with Crippen LogP contribution in [0.25, 0.3) is 16.1 Å². The Kier molecular flexibility index (Phi) is 4.09. The third-order valence-corrected chi connectivity index (χ3v) is 5.16. The van der Waals surface area contributed by atoms with Crippen molar-refractivity contribution >= 4 is 33.9 Å². The van der Waals surface area contributed by atoms with Gasteiger partial charge in [-0.1, -0.05) is 0 Å². The van der Waals surface area contributed by atoms with Crippen molar-refractivity contribution in [2.45, 2.75) is 27.7 Å². The fraction of sp³-hybridized carbons (Fsp3) is 0.250. The number of thiophene rings is 2. The molecular formula is C16H14N2S2. The summed E-state index contributed by atoms with van der Waals surface area (Å²) in [6, 6.07) is 4.24. The van der Waals surface area contributed by atoms with Gasteiger partial charge in [-0.3, -0.25) is 0 Å². The second kappa shape index (κ2) is 5.63. The van der Waals surface area contributed by atoms with Crippen LogP contribution in [0.3, 0.4) is 0 Å². The smallest absolute Gasteiger partial charge is 0.213 e. The van der Waals surface area contributed by atoms with E-state index in [0.717, 1.165) is 31.3 Å². The maximum atomic E-state index is 9.55. The van der Waals surface area contributed by atoms with Gasteiger partial charge < -0.3 is 0 Å². The van der Waals surface area contributed by atoms with E-state index in [9.17, 15) is 5.26 Å². The van der Waals surface area contributed by atoms with Crippen molar-refractivity contribution in [1.82, 2.24) is 0 Å². The quantitative estimate of drug-likeness (QED) is 0.542. The third kappa shape index (κ3) is 2.41. The molecule has 2 aromatic rings. The molecule has 0 bridgehead atoms. The Morgan fingerprint density at radius 3 is 2.35 bits per heavy atom. The Balaban J connectivity index is 2.78. The first-order valence-corrected chi connectivity index (χ1v) is 7.83. The molecule has 100 valence electrons. The molecule has 0 spiro atoms. The van der Waals surface area contributed by atoms with E-state index in [1.54, 1.807) is 22.7 Å². The van der Waals surface area contributed by atoms with Gasteiger partial charge in [-0.15, -0.1) is 22.7 Å². The fourth-order valence-electron chi connectivity index (χ4n) is 2.28. The van der Waals surface area contributed by atoms with Crippen molar-refractivity contribution < 1.29 is 0 Å². The van der Waals surface area contributed by atoms with Crippen LogP contribution in [0.5, 0.6) is 0 Å². The minimum absolute atomic E-state index is 0.477. The molecule has 0 fully saturated rings. The number of hydrogen-bond donors (Lipinski definition) is 0. The van der Waals surface area contributed by atoms with Crippen LogP contribution >= 0.6 is 22.7 Å². The first-order chi connectivity index (χ1) is 9.49. The predicted molar refractivity (Wildman–Crippen MR) is 86.6 cm³/mol. The lowest BCUT2D eigenvalue weighted by Gasteiger charge is -2.05. The molecule has 0 aliphatic heterocycles. The molecule has 0 saturated carbocycles. The molecular weight excluding hydrogens is 284 g/mol. The van der Waals surface area contributed by atoms with Crippen LogP contribution in [0.1, 0.15) is 31.3 Å². The molecule has 0 radical (unpaired) electrons. The van der Waals surface area contributed by atoms with Crippen LogP contribution in [-0.2, 0) is 0 Å². The highest BCUT2D eigenvalue weighted by molar-refractivity contribution is 7.12. The lowest BCUT2D eigenvalue weighted by molar-refractivity contribution is 1.44. The van der Waals surface area contributed by atoms with Gasteiger partial charge in [0.1, 0.15) is 0 Å². The molecule has 0 aliphatic carbocycles. The van der Waals surface area contributed by atoms with Crippen LogP contribution in [0, 0.1) is 45.6 Å². The van der Waals surface area contributed by atoms with Crippen LogP contribution < -0.4 is 0 Å². The summed E-state index contributed by atoms with van der Waals surface area (Å²) in [6.07, 6.45) is 0. The molecule has 0 aliphatic rings. The van der Waals surface area contributed by atoms with E-state index in [-0.39, 0.29) is 0 Å². The van der Waals surface area contributed by atoms with E-state index in [1.165, 1.54) is 0 Å². The normalized spacial score (nSPS) is 11.7. The molecule has 4 heteroatoms. The molecule has 2 heterocycles. The van der Waals surface area contributed by atoms with Crippen molar-refractivity contribution in [1.29, 1.82) is 5.26 Å². The number of hydrogen-bond acceptors (Lipinski definition) is 3. The van der Waals surface area contributed by atoms with Crippen molar-refractivity contribution in [2.75, 3.05) is 0 Å². The van der Waals surface area contributed by atoms with E-state index in [0.29, 0.717) is 11.3 Å².